The van der Waals surface area contributed by atoms with Crippen molar-refractivity contribution in [3.63, 3.8) is 0 Å². The first kappa shape index (κ1) is 18.2. The van der Waals surface area contributed by atoms with Gasteiger partial charge in [0, 0.05) is 29.9 Å². The number of nitrogens with one attached hydrogen (secondary N) is 2. The van der Waals surface area contributed by atoms with Crippen LogP contribution in [0.1, 0.15) is 52.1 Å². The van der Waals surface area contributed by atoms with Gasteiger partial charge in [-0.2, -0.15) is 5.26 Å². The van der Waals surface area contributed by atoms with Gasteiger partial charge in [-0.05, 0) is 49.2 Å². The lowest BCUT2D eigenvalue weighted by atomic mass is 10.1. The van der Waals surface area contributed by atoms with Gasteiger partial charge in [-0.15, -0.1) is 0 Å². The summed E-state index contributed by atoms with van der Waals surface area (Å²) in [5.74, 6) is -0.167. The molecule has 128 valence electrons. The van der Waals surface area contributed by atoms with Crippen LogP contribution in [0.5, 0.6) is 0 Å². The van der Waals surface area contributed by atoms with Crippen LogP contribution in [-0.4, -0.2) is 18.2 Å². The molecule has 25 heavy (non-hydrogen) atoms. The molecule has 0 aliphatic carbocycles. The van der Waals surface area contributed by atoms with Crippen LogP contribution in [-0.2, 0) is 6.54 Å². The number of amides is 1. The molecular weight excluding hydrogens is 314 g/mol. The maximum atomic E-state index is 12.0. The van der Waals surface area contributed by atoms with E-state index in [0.717, 1.165) is 12.0 Å². The molecule has 0 saturated carbocycles. The minimum Gasteiger partial charge on any atom is -0.380 e. The summed E-state index contributed by atoms with van der Waals surface area (Å²) in [6.07, 6.45) is 0.885. The number of ketones is 1. The van der Waals surface area contributed by atoms with E-state index in [1.54, 1.807) is 24.3 Å². The molecule has 2 rings (SSSR count). The van der Waals surface area contributed by atoms with Gasteiger partial charge in [0.1, 0.15) is 0 Å². The van der Waals surface area contributed by atoms with E-state index in [2.05, 4.69) is 16.7 Å². The number of nitrogens with zero attached hydrogens (tertiary/aromatic N) is 1. The monoisotopic (exact) mass is 335 g/mol. The summed E-state index contributed by atoms with van der Waals surface area (Å²) in [4.78, 5) is 23.8. The molecule has 0 spiro atoms. The molecule has 2 aromatic carbocycles. The zero-order chi connectivity index (χ0) is 18.2. The summed E-state index contributed by atoms with van der Waals surface area (Å²) >= 11 is 0. The first-order valence-corrected chi connectivity index (χ1v) is 8.21. The minimum absolute atomic E-state index is 0.0697. The third-order valence-electron chi connectivity index (χ3n) is 3.74. The summed E-state index contributed by atoms with van der Waals surface area (Å²) in [7, 11) is 0. The van der Waals surface area contributed by atoms with E-state index in [0.29, 0.717) is 35.5 Å². The maximum absolute atomic E-state index is 12.0. The topological polar surface area (TPSA) is 82.0 Å². The van der Waals surface area contributed by atoms with Crippen molar-refractivity contribution < 1.29 is 9.59 Å². The van der Waals surface area contributed by atoms with Gasteiger partial charge < -0.3 is 10.6 Å². The molecule has 0 aliphatic rings. The Bertz CT molecular complexity index is 822. The predicted octanol–water partition coefficient (Wildman–Crippen LogP) is 3.51. The average Bonchev–Trinajstić information content (AvgIpc) is 2.64. The van der Waals surface area contributed by atoms with Gasteiger partial charge in [-0.3, -0.25) is 9.59 Å². The fourth-order valence-corrected chi connectivity index (χ4v) is 2.43. The fourth-order valence-electron chi connectivity index (χ4n) is 2.43. The van der Waals surface area contributed by atoms with Crippen LogP contribution in [0.25, 0.3) is 0 Å². The molecule has 0 bridgehead atoms. The predicted molar refractivity (Wildman–Crippen MR) is 97.6 cm³/mol. The lowest BCUT2D eigenvalue weighted by Gasteiger charge is -2.12. The Morgan fingerprint density at radius 2 is 1.96 bits per heavy atom. The van der Waals surface area contributed by atoms with Gasteiger partial charge in [0.05, 0.1) is 11.6 Å². The Balaban J connectivity index is 2.15. The Morgan fingerprint density at radius 1 is 1.16 bits per heavy atom. The number of Topliss-reactive ketones (excluding diaryl/α,β-unsaturated/α-hetero) is 1. The third-order valence-corrected chi connectivity index (χ3v) is 3.74. The second-order valence-electron chi connectivity index (χ2n) is 5.74. The lowest BCUT2D eigenvalue weighted by molar-refractivity contribution is 0.0952. The van der Waals surface area contributed by atoms with E-state index in [4.69, 9.17) is 5.26 Å². The molecule has 1 amide bonds. The number of benzene rings is 2. The normalized spacial score (nSPS) is 9.96. The van der Waals surface area contributed by atoms with Crippen LogP contribution in [0.15, 0.2) is 42.5 Å². The number of nitriles is 1. The first-order valence-electron chi connectivity index (χ1n) is 8.21. The number of hydrogen-bond donors (Lipinski definition) is 2. The van der Waals surface area contributed by atoms with Gasteiger partial charge in [0.2, 0.25) is 0 Å². The van der Waals surface area contributed by atoms with Crippen LogP contribution >= 0.6 is 0 Å². The average molecular weight is 335 g/mol. The standard InChI is InChI=1S/C20H21N3O2/c1-3-9-22-20(25)17-6-4-5-16(10-17)13-23-19-11-15(12-21)7-8-18(19)14(2)24/h4-8,10-11,23H,3,9,13H2,1-2H3,(H,22,25). The van der Waals surface area contributed by atoms with E-state index >= 15 is 0 Å². The zero-order valence-electron chi connectivity index (χ0n) is 14.4. The van der Waals surface area contributed by atoms with Crippen LogP contribution in [0.2, 0.25) is 0 Å². The van der Waals surface area contributed by atoms with E-state index in [9.17, 15) is 9.59 Å². The highest BCUT2D eigenvalue weighted by Gasteiger charge is 2.09. The Hall–Kier alpha value is -3.13. The lowest BCUT2D eigenvalue weighted by Crippen LogP contribution is -2.24. The van der Waals surface area contributed by atoms with Gasteiger partial charge in [-0.25, -0.2) is 0 Å². The highest BCUT2D eigenvalue weighted by Crippen LogP contribution is 2.19. The molecule has 2 aromatic rings. The molecule has 0 saturated heterocycles. The highest BCUT2D eigenvalue weighted by molar-refractivity contribution is 5.99. The Labute approximate surface area is 147 Å². The van der Waals surface area contributed by atoms with Crippen molar-refractivity contribution in [3.05, 3.63) is 64.7 Å². The van der Waals surface area contributed by atoms with E-state index in [1.165, 1.54) is 6.92 Å². The second-order valence-corrected chi connectivity index (χ2v) is 5.74. The summed E-state index contributed by atoms with van der Waals surface area (Å²) in [5.41, 5.74) is 3.16. The Morgan fingerprint density at radius 3 is 2.64 bits per heavy atom. The van der Waals surface area contributed by atoms with Crippen molar-refractivity contribution in [2.45, 2.75) is 26.8 Å². The maximum Gasteiger partial charge on any atom is 0.251 e. The smallest absolute Gasteiger partial charge is 0.251 e. The van der Waals surface area contributed by atoms with Crippen molar-refractivity contribution in [2.75, 3.05) is 11.9 Å². The fraction of sp³-hybridized carbons (Fsp3) is 0.250. The van der Waals surface area contributed by atoms with Gasteiger partial charge in [0.25, 0.3) is 5.91 Å². The van der Waals surface area contributed by atoms with Crippen LogP contribution in [0.4, 0.5) is 5.69 Å². The number of carbonyl (C=O) groups is 2. The number of carbonyl (C=O) groups excluding carboxylic acids is 2. The molecule has 0 radical (unpaired) electrons. The van der Waals surface area contributed by atoms with Gasteiger partial charge in [0.15, 0.2) is 5.78 Å². The van der Waals surface area contributed by atoms with Crippen molar-refractivity contribution in [3.8, 4) is 6.07 Å². The summed E-state index contributed by atoms with van der Waals surface area (Å²) < 4.78 is 0. The molecule has 5 nitrogen and oxygen atoms in total. The van der Waals surface area contributed by atoms with E-state index in [-0.39, 0.29) is 11.7 Å². The molecule has 0 aromatic heterocycles. The third kappa shape index (κ3) is 4.92. The highest BCUT2D eigenvalue weighted by atomic mass is 16.1. The van der Waals surface area contributed by atoms with Crippen LogP contribution in [0, 0.1) is 11.3 Å². The molecule has 2 N–H and O–H groups in total. The largest absolute Gasteiger partial charge is 0.380 e. The quantitative estimate of drug-likeness (QED) is 0.759. The second kappa shape index (κ2) is 8.65. The number of anilines is 1. The summed E-state index contributed by atoms with van der Waals surface area (Å²) in [5, 5.41) is 15.1. The number of hydrogen-bond acceptors (Lipinski definition) is 4. The molecule has 0 aliphatic heterocycles. The molecule has 0 fully saturated rings. The Kier molecular flexibility index (Phi) is 6.30. The molecule has 0 unspecified atom stereocenters. The minimum atomic E-state index is -0.0976. The van der Waals surface area contributed by atoms with Gasteiger partial charge >= 0.3 is 0 Å². The SMILES string of the molecule is CCCNC(=O)c1cccc(CNc2cc(C#N)ccc2C(C)=O)c1. The molecule has 5 heteroatoms. The van der Waals surface area contributed by atoms with Crippen molar-refractivity contribution in [2.24, 2.45) is 0 Å². The number of rotatable bonds is 7. The van der Waals surface area contributed by atoms with E-state index < -0.39 is 0 Å². The molecule has 0 heterocycles. The van der Waals surface area contributed by atoms with Crippen LogP contribution in [0.3, 0.4) is 0 Å². The van der Waals surface area contributed by atoms with E-state index in [1.807, 2.05) is 25.1 Å². The van der Waals surface area contributed by atoms with Gasteiger partial charge in [-0.1, -0.05) is 19.1 Å². The van der Waals surface area contributed by atoms with Crippen LogP contribution < -0.4 is 10.6 Å². The molecule has 0 atom stereocenters. The zero-order valence-corrected chi connectivity index (χ0v) is 14.4. The van der Waals surface area contributed by atoms with Crippen molar-refractivity contribution >= 4 is 17.4 Å². The first-order chi connectivity index (χ1) is 12.0. The summed E-state index contributed by atoms with van der Waals surface area (Å²) in [6.45, 7) is 4.59. The van der Waals surface area contributed by atoms with Crippen molar-refractivity contribution in [1.82, 2.24) is 5.32 Å². The van der Waals surface area contributed by atoms with Crippen molar-refractivity contribution in [1.29, 1.82) is 5.26 Å². The molecular formula is C20H21N3O2. The summed E-state index contributed by atoms with van der Waals surface area (Å²) in [6, 6.07) is 14.3.